The second-order valence-corrected chi connectivity index (χ2v) is 6.40. The van der Waals surface area contributed by atoms with E-state index in [0.717, 1.165) is 31.4 Å². The van der Waals surface area contributed by atoms with Crippen LogP contribution in [0.3, 0.4) is 0 Å². The van der Waals surface area contributed by atoms with Crippen LogP contribution in [0.1, 0.15) is 57.2 Å². The van der Waals surface area contributed by atoms with Crippen LogP contribution in [0.4, 0.5) is 10.5 Å². The normalized spacial score (nSPS) is 18.9. The van der Waals surface area contributed by atoms with Crippen LogP contribution >= 0.6 is 0 Å². The summed E-state index contributed by atoms with van der Waals surface area (Å²) in [7, 11) is 0. The van der Waals surface area contributed by atoms with E-state index in [2.05, 4.69) is 5.32 Å². The van der Waals surface area contributed by atoms with Crippen molar-refractivity contribution in [1.29, 1.82) is 0 Å². The van der Waals surface area contributed by atoms with Gasteiger partial charge in [-0.3, -0.25) is 0 Å². The lowest BCUT2D eigenvalue weighted by atomic mass is 9.98. The minimum Gasteiger partial charge on any atom is -0.444 e. The van der Waals surface area contributed by atoms with Crippen LogP contribution in [0.5, 0.6) is 0 Å². The molecule has 110 valence electrons. The van der Waals surface area contributed by atoms with Gasteiger partial charge >= 0.3 is 6.09 Å². The highest BCUT2D eigenvalue weighted by Crippen LogP contribution is 2.30. The van der Waals surface area contributed by atoms with E-state index >= 15 is 0 Å². The summed E-state index contributed by atoms with van der Waals surface area (Å²) in [6.45, 7) is 5.61. The number of alkyl carbamates (subject to hydrolysis) is 1. The number of aryl methyl sites for hydroxylation is 1. The van der Waals surface area contributed by atoms with Gasteiger partial charge in [0, 0.05) is 5.69 Å². The number of nitrogens with one attached hydrogen (secondary N) is 1. The number of hydrogen-bond donors (Lipinski definition) is 2. The monoisotopic (exact) mass is 276 g/mol. The molecular formula is C16H24N2O2. The highest BCUT2D eigenvalue weighted by molar-refractivity contribution is 5.68. The van der Waals surface area contributed by atoms with Gasteiger partial charge < -0.3 is 15.8 Å². The third kappa shape index (κ3) is 3.89. The molecule has 1 aliphatic rings. The number of benzene rings is 1. The van der Waals surface area contributed by atoms with E-state index in [-0.39, 0.29) is 12.1 Å². The van der Waals surface area contributed by atoms with Crippen LogP contribution in [-0.4, -0.2) is 11.7 Å². The summed E-state index contributed by atoms with van der Waals surface area (Å²) in [5, 5.41) is 2.99. The summed E-state index contributed by atoms with van der Waals surface area (Å²) >= 11 is 0. The fourth-order valence-electron chi connectivity index (χ4n) is 2.60. The molecule has 1 unspecified atom stereocenters. The zero-order valence-corrected chi connectivity index (χ0v) is 12.5. The summed E-state index contributed by atoms with van der Waals surface area (Å²) in [4.78, 5) is 12.0. The Kier molecular flexibility index (Phi) is 4.21. The van der Waals surface area contributed by atoms with E-state index in [0.29, 0.717) is 0 Å². The van der Waals surface area contributed by atoms with Crippen LogP contribution in [-0.2, 0) is 11.2 Å². The van der Waals surface area contributed by atoms with Crippen molar-refractivity contribution >= 4 is 11.8 Å². The largest absolute Gasteiger partial charge is 0.444 e. The highest BCUT2D eigenvalue weighted by atomic mass is 16.6. The molecule has 4 heteroatoms. The van der Waals surface area contributed by atoms with Crippen LogP contribution < -0.4 is 11.1 Å². The Morgan fingerprint density at radius 2 is 2.10 bits per heavy atom. The number of rotatable bonds is 1. The van der Waals surface area contributed by atoms with E-state index < -0.39 is 5.60 Å². The zero-order chi connectivity index (χ0) is 14.8. The van der Waals surface area contributed by atoms with Gasteiger partial charge in [-0.15, -0.1) is 0 Å². The first-order valence-electron chi connectivity index (χ1n) is 7.23. The molecule has 1 amide bonds. The Hall–Kier alpha value is -1.71. The molecule has 0 radical (unpaired) electrons. The van der Waals surface area contributed by atoms with Crippen molar-refractivity contribution < 1.29 is 9.53 Å². The van der Waals surface area contributed by atoms with Crippen molar-refractivity contribution in [3.63, 3.8) is 0 Å². The van der Waals surface area contributed by atoms with Gasteiger partial charge in [0.05, 0.1) is 6.04 Å². The Balaban J connectivity index is 2.14. The Morgan fingerprint density at radius 1 is 1.35 bits per heavy atom. The lowest BCUT2D eigenvalue weighted by Crippen LogP contribution is -2.35. The first kappa shape index (κ1) is 14.7. The number of ether oxygens (including phenoxy) is 1. The molecule has 0 bridgehead atoms. The second kappa shape index (κ2) is 5.73. The number of nitrogen functional groups attached to an aromatic ring is 1. The minimum atomic E-state index is -0.473. The van der Waals surface area contributed by atoms with Gasteiger partial charge in [0.15, 0.2) is 0 Å². The predicted octanol–water partition coefficient (Wildman–Crippen LogP) is 3.56. The smallest absolute Gasteiger partial charge is 0.408 e. The molecule has 0 fully saturated rings. The van der Waals surface area contributed by atoms with Crippen LogP contribution in [0.2, 0.25) is 0 Å². The summed E-state index contributed by atoms with van der Waals surface area (Å²) < 4.78 is 5.35. The molecule has 1 aromatic rings. The molecule has 0 spiro atoms. The van der Waals surface area contributed by atoms with Crippen molar-refractivity contribution in [3.05, 3.63) is 29.3 Å². The third-order valence-electron chi connectivity index (χ3n) is 3.42. The number of carbonyl (C=O) groups excluding carboxylic acids is 1. The number of nitrogens with two attached hydrogens (primary N) is 1. The summed E-state index contributed by atoms with van der Waals surface area (Å²) in [5.41, 5.74) is 8.57. The molecule has 0 aliphatic heterocycles. The Bertz CT molecular complexity index is 492. The molecule has 0 saturated carbocycles. The molecular weight excluding hydrogens is 252 g/mol. The minimum absolute atomic E-state index is 0.0166. The SMILES string of the molecule is CC(C)(C)OC(=O)NC1CCCCc2cc(N)ccc21. The molecule has 0 saturated heterocycles. The molecule has 0 aromatic heterocycles. The average molecular weight is 276 g/mol. The maximum atomic E-state index is 12.0. The molecule has 20 heavy (non-hydrogen) atoms. The fraction of sp³-hybridized carbons (Fsp3) is 0.562. The lowest BCUT2D eigenvalue weighted by Gasteiger charge is -2.24. The van der Waals surface area contributed by atoms with Crippen molar-refractivity contribution in [1.82, 2.24) is 5.32 Å². The molecule has 0 heterocycles. The third-order valence-corrected chi connectivity index (χ3v) is 3.42. The topological polar surface area (TPSA) is 64.3 Å². The molecule has 1 aromatic carbocycles. The van der Waals surface area contributed by atoms with E-state index in [9.17, 15) is 4.79 Å². The highest BCUT2D eigenvalue weighted by Gasteiger charge is 2.23. The van der Waals surface area contributed by atoms with Crippen LogP contribution in [0.15, 0.2) is 18.2 Å². The zero-order valence-electron chi connectivity index (χ0n) is 12.5. The Morgan fingerprint density at radius 3 is 2.80 bits per heavy atom. The first-order chi connectivity index (χ1) is 9.35. The fourth-order valence-corrected chi connectivity index (χ4v) is 2.60. The van der Waals surface area contributed by atoms with Gasteiger partial charge in [-0.25, -0.2) is 4.79 Å². The number of amides is 1. The molecule has 1 atom stereocenters. The Labute approximate surface area is 120 Å². The van der Waals surface area contributed by atoms with Gasteiger partial charge in [-0.05, 0) is 63.3 Å². The van der Waals surface area contributed by atoms with Crippen LogP contribution in [0, 0.1) is 0 Å². The van der Waals surface area contributed by atoms with E-state index in [1.54, 1.807) is 0 Å². The second-order valence-electron chi connectivity index (χ2n) is 6.40. The van der Waals surface area contributed by atoms with Gasteiger partial charge in [0.1, 0.15) is 5.60 Å². The first-order valence-corrected chi connectivity index (χ1v) is 7.23. The summed E-state index contributed by atoms with van der Waals surface area (Å²) in [6.07, 6.45) is 3.83. The maximum absolute atomic E-state index is 12.0. The molecule has 2 rings (SSSR count). The maximum Gasteiger partial charge on any atom is 0.408 e. The van der Waals surface area contributed by atoms with Crippen molar-refractivity contribution in [2.75, 3.05) is 5.73 Å². The summed E-state index contributed by atoms with van der Waals surface area (Å²) in [6, 6.07) is 5.96. The van der Waals surface area contributed by atoms with Gasteiger partial charge in [-0.1, -0.05) is 12.5 Å². The van der Waals surface area contributed by atoms with E-state index in [1.165, 1.54) is 11.1 Å². The van der Waals surface area contributed by atoms with Crippen LogP contribution in [0.25, 0.3) is 0 Å². The van der Waals surface area contributed by atoms with E-state index in [4.69, 9.17) is 10.5 Å². The van der Waals surface area contributed by atoms with Crippen molar-refractivity contribution in [2.24, 2.45) is 0 Å². The number of anilines is 1. The van der Waals surface area contributed by atoms with Crippen molar-refractivity contribution in [3.8, 4) is 0 Å². The number of carbonyl (C=O) groups is 1. The predicted molar refractivity (Wildman–Crippen MR) is 80.5 cm³/mol. The number of fused-ring (bicyclic) bond motifs is 1. The molecule has 1 aliphatic carbocycles. The lowest BCUT2D eigenvalue weighted by molar-refractivity contribution is 0.0501. The standard InChI is InChI=1S/C16H24N2O2/c1-16(2,3)20-15(19)18-14-7-5-4-6-11-10-12(17)8-9-13(11)14/h8-10,14H,4-7,17H2,1-3H3,(H,18,19). The molecule has 4 nitrogen and oxygen atoms in total. The van der Waals surface area contributed by atoms with Gasteiger partial charge in [0.25, 0.3) is 0 Å². The molecule has 3 N–H and O–H groups in total. The van der Waals surface area contributed by atoms with E-state index in [1.807, 2.05) is 39.0 Å². The van der Waals surface area contributed by atoms with Gasteiger partial charge in [0.2, 0.25) is 0 Å². The number of hydrogen-bond acceptors (Lipinski definition) is 3. The average Bonchev–Trinajstić information content (AvgIpc) is 2.49. The van der Waals surface area contributed by atoms with Crippen molar-refractivity contribution in [2.45, 2.75) is 58.1 Å². The van der Waals surface area contributed by atoms with Gasteiger partial charge in [-0.2, -0.15) is 0 Å². The quantitative estimate of drug-likeness (QED) is 0.609. The summed E-state index contributed by atoms with van der Waals surface area (Å²) in [5.74, 6) is 0.